The lowest BCUT2D eigenvalue weighted by Gasteiger charge is -2.36. The van der Waals surface area contributed by atoms with Crippen LogP contribution in [-0.4, -0.2) is 94.5 Å². The van der Waals surface area contributed by atoms with Crippen molar-refractivity contribution in [3.8, 4) is 11.5 Å². The number of amides is 1. The van der Waals surface area contributed by atoms with E-state index in [1.54, 1.807) is 29.2 Å². The molecule has 1 aliphatic heterocycles. The van der Waals surface area contributed by atoms with E-state index >= 15 is 0 Å². The minimum absolute atomic E-state index is 0.0161. The topological polar surface area (TPSA) is 118 Å². The van der Waals surface area contributed by atoms with Crippen LogP contribution in [0.25, 0.3) is 0 Å². The summed E-state index contributed by atoms with van der Waals surface area (Å²) in [5, 5.41) is 10.2. The van der Waals surface area contributed by atoms with Crippen LogP contribution >= 0.6 is 0 Å². The van der Waals surface area contributed by atoms with Gasteiger partial charge in [-0.05, 0) is 101 Å². The second kappa shape index (κ2) is 15.4. The molecule has 0 radical (unpaired) electrons. The molecule has 1 aliphatic carbocycles. The first-order valence-electron chi connectivity index (χ1n) is 15.7. The molecule has 11 heteroatoms. The molecule has 4 rings (SSSR count). The lowest BCUT2D eigenvalue weighted by Crippen LogP contribution is -2.47. The van der Waals surface area contributed by atoms with E-state index in [0.717, 1.165) is 38.3 Å². The highest BCUT2D eigenvalue weighted by atomic mass is 32.2. The van der Waals surface area contributed by atoms with Gasteiger partial charge >= 0.3 is 0 Å². The van der Waals surface area contributed by atoms with Gasteiger partial charge in [0.25, 0.3) is 15.9 Å². The molecule has 1 heterocycles. The SMILES string of the molecule is COc1ccc(S(=O)(=O)Nc2ccc3c(c2)C(=O)N([C@@H](C)CO)C[C@@H](C)[C@@H](CN(C)CC2CC2)OCCCC[C@@H](C)O3)cc1. The largest absolute Gasteiger partial charge is 0.497 e. The zero-order valence-electron chi connectivity index (χ0n) is 26.7. The quantitative estimate of drug-likeness (QED) is 0.390. The molecule has 44 heavy (non-hydrogen) atoms. The smallest absolute Gasteiger partial charge is 0.261 e. The number of hydrogen-bond acceptors (Lipinski definition) is 8. The molecule has 2 N–H and O–H groups in total. The van der Waals surface area contributed by atoms with Gasteiger partial charge < -0.3 is 29.1 Å². The van der Waals surface area contributed by atoms with Crippen molar-refractivity contribution >= 4 is 21.6 Å². The van der Waals surface area contributed by atoms with Gasteiger partial charge in [0, 0.05) is 37.8 Å². The Hall–Kier alpha value is -2.86. The Kier molecular flexibility index (Phi) is 11.9. The van der Waals surface area contributed by atoms with Crippen LogP contribution in [0.1, 0.15) is 63.2 Å². The van der Waals surface area contributed by atoms with E-state index in [4.69, 9.17) is 14.2 Å². The van der Waals surface area contributed by atoms with Gasteiger partial charge in [0.2, 0.25) is 0 Å². The van der Waals surface area contributed by atoms with Crippen molar-refractivity contribution in [3.63, 3.8) is 0 Å². The van der Waals surface area contributed by atoms with Crippen LogP contribution in [0, 0.1) is 11.8 Å². The van der Waals surface area contributed by atoms with Gasteiger partial charge in [-0.2, -0.15) is 0 Å². The van der Waals surface area contributed by atoms with Crippen molar-refractivity contribution in [2.75, 3.05) is 51.7 Å². The first-order chi connectivity index (χ1) is 21.0. The molecule has 1 saturated carbocycles. The van der Waals surface area contributed by atoms with Crippen molar-refractivity contribution in [2.45, 2.75) is 76.0 Å². The number of methoxy groups -OCH3 is 1. The fourth-order valence-corrected chi connectivity index (χ4v) is 6.59. The van der Waals surface area contributed by atoms with E-state index in [1.165, 1.54) is 38.2 Å². The molecule has 0 bridgehead atoms. The average Bonchev–Trinajstić information content (AvgIpc) is 3.82. The summed E-state index contributed by atoms with van der Waals surface area (Å²) >= 11 is 0. The van der Waals surface area contributed by atoms with Gasteiger partial charge in [-0.25, -0.2) is 8.42 Å². The number of sulfonamides is 1. The second-order valence-corrected chi connectivity index (χ2v) is 14.1. The number of aliphatic hydroxyl groups excluding tert-OH is 1. The molecule has 0 unspecified atom stereocenters. The van der Waals surface area contributed by atoms with Gasteiger partial charge in [0.1, 0.15) is 11.5 Å². The monoisotopic (exact) mass is 631 g/mol. The van der Waals surface area contributed by atoms with Crippen LogP contribution in [0.3, 0.4) is 0 Å². The highest BCUT2D eigenvalue weighted by Crippen LogP contribution is 2.31. The molecule has 10 nitrogen and oxygen atoms in total. The number of likely N-dealkylation sites (N-methyl/N-ethyl adjacent to an activating group) is 1. The summed E-state index contributed by atoms with van der Waals surface area (Å²) in [4.78, 5) is 18.3. The lowest BCUT2D eigenvalue weighted by molar-refractivity contribution is -0.0172. The number of fused-ring (bicyclic) bond motifs is 1. The molecule has 4 atom stereocenters. The Morgan fingerprint density at radius 1 is 1.09 bits per heavy atom. The Balaban J connectivity index is 1.65. The molecule has 2 aromatic rings. The van der Waals surface area contributed by atoms with Crippen molar-refractivity contribution in [1.82, 2.24) is 9.80 Å². The Morgan fingerprint density at radius 3 is 2.48 bits per heavy atom. The summed E-state index contributed by atoms with van der Waals surface area (Å²) in [5.41, 5.74) is 0.470. The highest BCUT2D eigenvalue weighted by molar-refractivity contribution is 7.92. The maximum Gasteiger partial charge on any atom is 0.261 e. The van der Waals surface area contributed by atoms with Crippen molar-refractivity contribution in [2.24, 2.45) is 11.8 Å². The number of carbonyl (C=O) groups excluding carboxylic acids is 1. The van der Waals surface area contributed by atoms with Crippen LogP contribution < -0.4 is 14.2 Å². The number of nitrogens with one attached hydrogen (secondary N) is 1. The van der Waals surface area contributed by atoms with Crippen molar-refractivity contribution < 1.29 is 32.5 Å². The molecule has 1 amide bonds. The normalized spacial score (nSPS) is 22.9. The van der Waals surface area contributed by atoms with Crippen LogP contribution in [-0.2, 0) is 14.8 Å². The number of carbonyl (C=O) groups is 1. The van der Waals surface area contributed by atoms with E-state index < -0.39 is 16.1 Å². The highest BCUT2D eigenvalue weighted by Gasteiger charge is 2.31. The number of aliphatic hydroxyl groups is 1. The fourth-order valence-electron chi connectivity index (χ4n) is 5.54. The third kappa shape index (κ3) is 9.32. The zero-order chi connectivity index (χ0) is 31.9. The van der Waals surface area contributed by atoms with Crippen LogP contribution in [0.4, 0.5) is 5.69 Å². The van der Waals surface area contributed by atoms with Gasteiger partial charge in [0.15, 0.2) is 0 Å². The van der Waals surface area contributed by atoms with Crippen LogP contribution in [0.5, 0.6) is 11.5 Å². The molecule has 244 valence electrons. The molecule has 2 aromatic carbocycles. The van der Waals surface area contributed by atoms with E-state index in [1.807, 2.05) is 13.8 Å². The fraction of sp³-hybridized carbons (Fsp3) is 0.606. The number of ether oxygens (including phenoxy) is 3. The molecule has 2 aliphatic rings. The molecule has 0 aromatic heterocycles. The minimum atomic E-state index is -3.94. The first kappa shape index (κ1) is 34.0. The van der Waals surface area contributed by atoms with E-state index in [2.05, 4.69) is 23.6 Å². The predicted molar refractivity (Wildman–Crippen MR) is 171 cm³/mol. The molecule has 0 spiro atoms. The number of hydrogen-bond donors (Lipinski definition) is 2. The summed E-state index contributed by atoms with van der Waals surface area (Å²) in [6, 6.07) is 10.4. The Bertz CT molecular complexity index is 1330. The van der Waals surface area contributed by atoms with E-state index in [9.17, 15) is 18.3 Å². The molecular formula is C33H49N3O7S. The Labute approximate surface area is 262 Å². The minimum Gasteiger partial charge on any atom is -0.497 e. The van der Waals surface area contributed by atoms with Gasteiger partial charge in [-0.3, -0.25) is 9.52 Å². The first-order valence-corrected chi connectivity index (χ1v) is 17.2. The third-order valence-electron chi connectivity index (χ3n) is 8.43. The maximum absolute atomic E-state index is 14.3. The Morgan fingerprint density at radius 2 is 1.82 bits per heavy atom. The number of benzene rings is 2. The lowest BCUT2D eigenvalue weighted by atomic mass is 10.0. The maximum atomic E-state index is 14.3. The van der Waals surface area contributed by atoms with Gasteiger partial charge in [0.05, 0.1) is 42.4 Å². The number of anilines is 1. The molecule has 0 saturated heterocycles. The zero-order valence-corrected chi connectivity index (χ0v) is 27.5. The second-order valence-electron chi connectivity index (χ2n) is 12.5. The summed E-state index contributed by atoms with van der Waals surface area (Å²) in [6.07, 6.45) is 4.89. The third-order valence-corrected chi connectivity index (χ3v) is 9.83. The van der Waals surface area contributed by atoms with Crippen molar-refractivity contribution in [3.05, 3.63) is 48.0 Å². The summed E-state index contributed by atoms with van der Waals surface area (Å²) in [7, 11) is -0.300. The van der Waals surface area contributed by atoms with Crippen LogP contribution in [0.2, 0.25) is 0 Å². The van der Waals surface area contributed by atoms with Gasteiger partial charge in [-0.15, -0.1) is 0 Å². The number of rotatable bonds is 10. The summed E-state index contributed by atoms with van der Waals surface area (Å²) in [6.45, 7) is 8.44. The number of nitrogens with zero attached hydrogens (tertiary/aromatic N) is 2. The summed E-state index contributed by atoms with van der Waals surface area (Å²) in [5.74, 6) is 1.33. The van der Waals surface area contributed by atoms with Gasteiger partial charge in [-0.1, -0.05) is 6.92 Å². The van der Waals surface area contributed by atoms with E-state index in [-0.39, 0.29) is 46.8 Å². The molecule has 1 fully saturated rings. The average molecular weight is 632 g/mol. The summed E-state index contributed by atoms with van der Waals surface area (Å²) < 4.78 is 46.9. The predicted octanol–water partition coefficient (Wildman–Crippen LogP) is 4.63. The standard InChI is InChI=1S/C33H49N3O7S/c1-23-19-36(24(2)22-37)33(38)30-18-27(34-44(39,40)29-14-12-28(41-5)13-15-29)11-16-31(30)43-25(3)8-6-7-17-42-32(23)21-35(4)20-26-9-10-26/h11-16,18,23-26,32,34,37H,6-10,17,19-22H2,1-5H3/t23-,24+,25-,32-/m1/s1. The van der Waals surface area contributed by atoms with Crippen molar-refractivity contribution in [1.29, 1.82) is 0 Å². The van der Waals surface area contributed by atoms with E-state index in [0.29, 0.717) is 24.7 Å². The van der Waals surface area contributed by atoms with Crippen LogP contribution in [0.15, 0.2) is 47.4 Å². The molecular weight excluding hydrogens is 582 g/mol.